The summed E-state index contributed by atoms with van der Waals surface area (Å²) >= 11 is 0. The third kappa shape index (κ3) is 5.63. The van der Waals surface area contributed by atoms with Crippen molar-refractivity contribution in [3.63, 3.8) is 0 Å². The molecule has 0 aliphatic carbocycles. The largest absolute Gasteiger partial charge is 0.481 e. The Balaban J connectivity index is 1.64. The van der Waals surface area contributed by atoms with Gasteiger partial charge in [0.05, 0.1) is 6.10 Å². The minimum absolute atomic E-state index is 0.304. The molecule has 1 heterocycles. The van der Waals surface area contributed by atoms with E-state index in [4.69, 9.17) is 15.9 Å². The van der Waals surface area contributed by atoms with Crippen LogP contribution in [0.5, 0.6) is 5.75 Å². The molecule has 0 saturated carbocycles. The summed E-state index contributed by atoms with van der Waals surface area (Å²) < 4.78 is 11.3. The molecule has 0 N–H and O–H groups in total. The van der Waals surface area contributed by atoms with E-state index >= 15 is 0 Å². The average molecular weight is 335 g/mol. The molecular weight excluding hydrogens is 310 g/mol. The third-order valence-corrected chi connectivity index (χ3v) is 4.39. The number of hydrogen-bond donors (Lipinski definition) is 0. The second kappa shape index (κ2) is 9.27. The van der Waals surface area contributed by atoms with Crippen LogP contribution in [0.25, 0.3) is 0 Å². The molecule has 3 rings (SSSR count). The van der Waals surface area contributed by atoms with Gasteiger partial charge in [0.2, 0.25) is 0 Å². The molecular formula is C22H25NO2. The van der Waals surface area contributed by atoms with Crippen molar-refractivity contribution in [1.82, 2.24) is 4.90 Å². The lowest BCUT2D eigenvalue weighted by molar-refractivity contribution is 0.0679. The fraction of sp³-hybridized carbons (Fsp3) is 0.364. The lowest BCUT2D eigenvalue weighted by atomic mass is 10.1. The van der Waals surface area contributed by atoms with Crippen LogP contribution in [0.3, 0.4) is 0 Å². The standard InChI is InChI=1S/C22H25NO2/c1-2-14-24-21-12-10-20(11-13-21)17-23(18-22-9-6-15-25-22)16-19-7-4-3-5-8-19/h1,3-5,7-8,10-13,22H,6,9,14-18H2. The molecule has 0 spiro atoms. The van der Waals surface area contributed by atoms with Crippen LogP contribution in [0, 0.1) is 12.3 Å². The number of nitrogens with zero attached hydrogens (tertiary/aromatic N) is 1. The highest BCUT2D eigenvalue weighted by atomic mass is 16.5. The molecule has 1 saturated heterocycles. The van der Waals surface area contributed by atoms with Crippen molar-refractivity contribution in [2.45, 2.75) is 32.0 Å². The van der Waals surface area contributed by atoms with E-state index in [0.717, 1.165) is 38.4 Å². The van der Waals surface area contributed by atoms with Crippen LogP contribution in [0.4, 0.5) is 0 Å². The van der Waals surface area contributed by atoms with Gasteiger partial charge in [-0.1, -0.05) is 48.4 Å². The zero-order valence-corrected chi connectivity index (χ0v) is 14.6. The highest BCUT2D eigenvalue weighted by Gasteiger charge is 2.19. The van der Waals surface area contributed by atoms with Gasteiger partial charge in [-0.25, -0.2) is 0 Å². The van der Waals surface area contributed by atoms with Gasteiger partial charge in [-0.05, 0) is 36.1 Å². The first-order valence-electron chi connectivity index (χ1n) is 8.86. The molecule has 130 valence electrons. The number of rotatable bonds is 8. The molecule has 0 amide bonds. The lowest BCUT2D eigenvalue weighted by Crippen LogP contribution is -2.31. The Morgan fingerprint density at radius 3 is 2.40 bits per heavy atom. The predicted octanol–water partition coefficient (Wildman–Crippen LogP) is 3.88. The smallest absolute Gasteiger partial charge is 0.148 e. The minimum Gasteiger partial charge on any atom is -0.481 e. The lowest BCUT2D eigenvalue weighted by Gasteiger charge is -2.25. The Hall–Kier alpha value is -2.28. The van der Waals surface area contributed by atoms with Crippen molar-refractivity contribution in [3.8, 4) is 18.1 Å². The van der Waals surface area contributed by atoms with E-state index in [1.807, 2.05) is 12.1 Å². The first-order chi connectivity index (χ1) is 12.3. The summed E-state index contributed by atoms with van der Waals surface area (Å²) in [6.45, 7) is 3.98. The molecule has 1 aliphatic rings. The Morgan fingerprint density at radius 2 is 1.76 bits per heavy atom. The predicted molar refractivity (Wildman–Crippen MR) is 100 cm³/mol. The maximum absolute atomic E-state index is 5.84. The van der Waals surface area contributed by atoms with E-state index in [0.29, 0.717) is 12.7 Å². The van der Waals surface area contributed by atoms with Crippen LogP contribution < -0.4 is 4.74 Å². The highest BCUT2D eigenvalue weighted by Crippen LogP contribution is 2.19. The zero-order chi connectivity index (χ0) is 17.3. The first-order valence-corrected chi connectivity index (χ1v) is 8.86. The maximum atomic E-state index is 5.84. The summed E-state index contributed by atoms with van der Waals surface area (Å²) in [5, 5.41) is 0. The molecule has 1 fully saturated rings. The summed E-state index contributed by atoms with van der Waals surface area (Å²) in [4.78, 5) is 2.46. The van der Waals surface area contributed by atoms with Gasteiger partial charge in [0, 0.05) is 26.2 Å². The van der Waals surface area contributed by atoms with Crippen molar-refractivity contribution in [2.75, 3.05) is 19.8 Å². The van der Waals surface area contributed by atoms with E-state index in [1.54, 1.807) is 0 Å². The molecule has 2 aromatic rings. The molecule has 2 aromatic carbocycles. The average Bonchev–Trinajstić information content (AvgIpc) is 3.15. The van der Waals surface area contributed by atoms with Crippen LogP contribution in [0.1, 0.15) is 24.0 Å². The Labute approximate surface area is 150 Å². The van der Waals surface area contributed by atoms with Gasteiger partial charge in [0.25, 0.3) is 0 Å². The van der Waals surface area contributed by atoms with Crippen LogP contribution in [-0.2, 0) is 17.8 Å². The fourth-order valence-electron chi connectivity index (χ4n) is 3.18. The summed E-state index contributed by atoms with van der Waals surface area (Å²) in [6.07, 6.45) is 7.91. The molecule has 3 heteroatoms. The van der Waals surface area contributed by atoms with E-state index in [-0.39, 0.29) is 0 Å². The number of benzene rings is 2. The third-order valence-electron chi connectivity index (χ3n) is 4.39. The van der Waals surface area contributed by atoms with Crippen molar-refractivity contribution >= 4 is 0 Å². The number of terminal acetylenes is 1. The molecule has 0 aromatic heterocycles. The van der Waals surface area contributed by atoms with Crippen LogP contribution in [0.15, 0.2) is 54.6 Å². The summed E-state index contributed by atoms with van der Waals surface area (Å²) in [7, 11) is 0. The van der Waals surface area contributed by atoms with Gasteiger partial charge in [-0.3, -0.25) is 4.90 Å². The number of ether oxygens (including phenoxy) is 2. The quantitative estimate of drug-likeness (QED) is 0.683. The first kappa shape index (κ1) is 17.5. The summed E-state index contributed by atoms with van der Waals surface area (Å²) in [6, 6.07) is 18.8. The van der Waals surface area contributed by atoms with E-state index in [9.17, 15) is 0 Å². The van der Waals surface area contributed by atoms with Crippen molar-refractivity contribution in [1.29, 1.82) is 0 Å². The van der Waals surface area contributed by atoms with Gasteiger partial charge < -0.3 is 9.47 Å². The second-order valence-corrected chi connectivity index (χ2v) is 6.43. The van der Waals surface area contributed by atoms with Gasteiger partial charge in [0.1, 0.15) is 12.4 Å². The maximum Gasteiger partial charge on any atom is 0.148 e. The van der Waals surface area contributed by atoms with E-state index in [2.05, 4.69) is 53.3 Å². The monoisotopic (exact) mass is 335 g/mol. The number of hydrogen-bond acceptors (Lipinski definition) is 3. The summed E-state index contributed by atoms with van der Waals surface area (Å²) in [5.74, 6) is 3.30. The highest BCUT2D eigenvalue weighted by molar-refractivity contribution is 5.27. The van der Waals surface area contributed by atoms with Crippen LogP contribution in [0.2, 0.25) is 0 Å². The van der Waals surface area contributed by atoms with Crippen molar-refractivity contribution in [3.05, 3.63) is 65.7 Å². The summed E-state index contributed by atoms with van der Waals surface area (Å²) in [5.41, 5.74) is 2.59. The molecule has 1 atom stereocenters. The van der Waals surface area contributed by atoms with Crippen LogP contribution >= 0.6 is 0 Å². The fourth-order valence-corrected chi connectivity index (χ4v) is 3.18. The van der Waals surface area contributed by atoms with Gasteiger partial charge in [-0.2, -0.15) is 0 Å². The normalized spacial score (nSPS) is 16.7. The minimum atomic E-state index is 0.304. The molecule has 25 heavy (non-hydrogen) atoms. The Bertz CT molecular complexity index is 669. The SMILES string of the molecule is C#CCOc1ccc(CN(Cc2ccccc2)CC2CCCO2)cc1. The Morgan fingerprint density at radius 1 is 1.04 bits per heavy atom. The van der Waals surface area contributed by atoms with Gasteiger partial charge >= 0.3 is 0 Å². The van der Waals surface area contributed by atoms with E-state index < -0.39 is 0 Å². The van der Waals surface area contributed by atoms with E-state index in [1.165, 1.54) is 17.5 Å². The zero-order valence-electron chi connectivity index (χ0n) is 14.6. The van der Waals surface area contributed by atoms with Crippen LogP contribution in [-0.4, -0.2) is 30.8 Å². The topological polar surface area (TPSA) is 21.7 Å². The second-order valence-electron chi connectivity index (χ2n) is 6.43. The molecule has 1 unspecified atom stereocenters. The molecule has 0 radical (unpaired) electrons. The van der Waals surface area contributed by atoms with Crippen molar-refractivity contribution < 1.29 is 9.47 Å². The molecule has 3 nitrogen and oxygen atoms in total. The molecule has 0 bridgehead atoms. The Kier molecular flexibility index (Phi) is 6.50. The van der Waals surface area contributed by atoms with Crippen molar-refractivity contribution in [2.24, 2.45) is 0 Å². The van der Waals surface area contributed by atoms with Gasteiger partial charge in [0.15, 0.2) is 0 Å². The van der Waals surface area contributed by atoms with Gasteiger partial charge in [-0.15, -0.1) is 6.42 Å². The molecule has 1 aliphatic heterocycles.